The van der Waals surface area contributed by atoms with Gasteiger partial charge in [-0.3, -0.25) is 14.6 Å². The summed E-state index contributed by atoms with van der Waals surface area (Å²) in [7, 11) is -3.93. The van der Waals surface area contributed by atoms with E-state index < -0.39 is 15.8 Å². The molecule has 0 saturated heterocycles. The van der Waals surface area contributed by atoms with Gasteiger partial charge in [-0.15, -0.1) is 11.3 Å². The normalized spacial score (nSPS) is 11.4. The second-order valence-electron chi connectivity index (χ2n) is 7.71. The lowest BCUT2D eigenvalue weighted by Crippen LogP contribution is -2.22. The number of aromatic nitrogens is 1. The molecule has 0 amide bonds. The van der Waals surface area contributed by atoms with Crippen molar-refractivity contribution in [2.75, 3.05) is 24.4 Å². The third-order valence-electron chi connectivity index (χ3n) is 5.29. The Morgan fingerprint density at radius 2 is 1.92 bits per heavy atom. The van der Waals surface area contributed by atoms with E-state index in [-0.39, 0.29) is 21.4 Å². The lowest BCUT2D eigenvalue weighted by Gasteiger charge is -2.12. The molecular weight excluding hydrogens is 521 g/mol. The van der Waals surface area contributed by atoms with Crippen molar-refractivity contribution in [2.24, 2.45) is 0 Å². The number of nitrogens with zero attached hydrogens (tertiary/aromatic N) is 2. The van der Waals surface area contributed by atoms with Crippen molar-refractivity contribution in [1.82, 2.24) is 9.88 Å². The Morgan fingerprint density at radius 1 is 1.11 bits per heavy atom. The van der Waals surface area contributed by atoms with E-state index in [2.05, 4.69) is 40.3 Å². The number of nitrogens with one attached hydrogen (secondary N) is 1. The molecule has 10 heteroatoms. The van der Waals surface area contributed by atoms with Crippen LogP contribution in [-0.4, -0.2) is 37.9 Å². The van der Waals surface area contributed by atoms with Crippen molar-refractivity contribution >= 4 is 48.9 Å². The molecule has 2 heterocycles. The molecule has 0 aliphatic rings. The zero-order valence-electron chi connectivity index (χ0n) is 19.6. The van der Waals surface area contributed by atoms with Gasteiger partial charge in [-0.1, -0.05) is 43.4 Å². The molecule has 36 heavy (non-hydrogen) atoms. The van der Waals surface area contributed by atoms with Gasteiger partial charge in [0.25, 0.3) is 10.0 Å². The Bertz CT molecular complexity index is 1560. The fourth-order valence-corrected chi connectivity index (χ4v) is 5.65. The summed E-state index contributed by atoms with van der Waals surface area (Å²) in [5, 5.41) is 0.281. The van der Waals surface area contributed by atoms with Crippen molar-refractivity contribution in [1.29, 1.82) is 0 Å². The molecule has 0 unspecified atom stereocenters. The molecule has 0 spiro atoms. The van der Waals surface area contributed by atoms with Crippen LogP contribution in [0.4, 0.5) is 10.1 Å². The maximum atomic E-state index is 14.9. The van der Waals surface area contributed by atoms with E-state index in [9.17, 15) is 12.8 Å². The van der Waals surface area contributed by atoms with Crippen LogP contribution in [0.25, 0.3) is 10.2 Å². The van der Waals surface area contributed by atoms with Crippen molar-refractivity contribution in [3.63, 3.8) is 0 Å². The van der Waals surface area contributed by atoms with Crippen molar-refractivity contribution in [3.05, 3.63) is 76.5 Å². The third kappa shape index (κ3) is 6.15. The summed E-state index contributed by atoms with van der Waals surface area (Å²) in [6.45, 7) is 6.74. The number of hydrogen-bond donors (Lipinski definition) is 1. The fraction of sp³-hybridized carbons (Fsp3) is 0.192. The van der Waals surface area contributed by atoms with Crippen LogP contribution in [-0.2, 0) is 10.0 Å². The highest BCUT2D eigenvalue weighted by Gasteiger charge is 2.17. The van der Waals surface area contributed by atoms with Gasteiger partial charge in [0.2, 0.25) is 0 Å². The first kappa shape index (κ1) is 25.9. The molecule has 4 rings (SSSR count). The average molecular weight is 544 g/mol. The fourth-order valence-electron chi connectivity index (χ4n) is 3.36. The molecule has 0 bridgehead atoms. The third-order valence-corrected chi connectivity index (χ3v) is 7.96. The largest absolute Gasteiger partial charge is 0.453 e. The Kier molecular flexibility index (Phi) is 8.11. The van der Waals surface area contributed by atoms with E-state index in [1.54, 1.807) is 18.3 Å². The zero-order chi connectivity index (χ0) is 25.7. The summed E-state index contributed by atoms with van der Waals surface area (Å²) in [6, 6.07) is 13.2. The van der Waals surface area contributed by atoms with Gasteiger partial charge >= 0.3 is 0 Å². The second kappa shape index (κ2) is 11.3. The first-order valence-electron chi connectivity index (χ1n) is 11.1. The Morgan fingerprint density at radius 3 is 2.64 bits per heavy atom. The quantitative estimate of drug-likeness (QED) is 0.261. The van der Waals surface area contributed by atoms with Crippen molar-refractivity contribution < 1.29 is 17.5 Å². The van der Waals surface area contributed by atoms with Crippen LogP contribution in [0.1, 0.15) is 18.7 Å². The predicted molar refractivity (Wildman–Crippen MR) is 143 cm³/mol. The minimum absolute atomic E-state index is 0.0244. The van der Waals surface area contributed by atoms with Gasteiger partial charge < -0.3 is 4.74 Å². The highest BCUT2D eigenvalue weighted by atomic mass is 35.5. The molecular formula is C26H23ClFN3O3S2. The number of rotatable bonds is 8. The van der Waals surface area contributed by atoms with Gasteiger partial charge in [0.1, 0.15) is 5.75 Å². The van der Waals surface area contributed by atoms with Crippen LogP contribution in [0.15, 0.2) is 65.7 Å². The number of pyridine rings is 1. The Labute approximate surface area is 218 Å². The van der Waals surface area contributed by atoms with E-state index in [0.29, 0.717) is 17.8 Å². The monoisotopic (exact) mass is 543 g/mol. The summed E-state index contributed by atoms with van der Waals surface area (Å²) in [5.41, 5.74) is 0.762. The van der Waals surface area contributed by atoms with Gasteiger partial charge in [-0.2, -0.15) is 0 Å². The molecule has 0 radical (unpaired) electrons. The number of sulfonamides is 1. The zero-order valence-corrected chi connectivity index (χ0v) is 22.0. The van der Waals surface area contributed by atoms with Gasteiger partial charge in [-0.05, 0) is 49.5 Å². The van der Waals surface area contributed by atoms with E-state index in [0.717, 1.165) is 28.7 Å². The van der Waals surface area contributed by atoms with Crippen LogP contribution in [0.3, 0.4) is 0 Å². The number of halogens is 2. The Balaban J connectivity index is 1.53. The highest BCUT2D eigenvalue weighted by Crippen LogP contribution is 2.36. The molecule has 2 aromatic carbocycles. The molecule has 2 aromatic heterocycles. The van der Waals surface area contributed by atoms with Crippen LogP contribution >= 0.6 is 22.9 Å². The minimum Gasteiger partial charge on any atom is -0.453 e. The van der Waals surface area contributed by atoms with Crippen LogP contribution < -0.4 is 9.46 Å². The van der Waals surface area contributed by atoms with Crippen LogP contribution in [0, 0.1) is 17.7 Å². The maximum Gasteiger partial charge on any atom is 0.261 e. The molecule has 0 aliphatic carbocycles. The summed E-state index contributed by atoms with van der Waals surface area (Å²) in [4.78, 5) is 7.40. The molecule has 0 fully saturated rings. The van der Waals surface area contributed by atoms with Crippen molar-refractivity contribution in [2.45, 2.75) is 18.7 Å². The molecule has 0 aliphatic heterocycles. The second-order valence-corrected chi connectivity index (χ2v) is 10.9. The standard InChI is InChI=1S/C26H23ClFN3O3S2/c1-3-31(4-2)14-6-8-20-17-23-26(35-20)25(12-13-29-23)34-24-11-10-19(16-22(24)28)30-36(32,33)21-9-5-7-18(27)15-21/h5,7,9-13,15-17,30H,3-4,14H2,1-2H3. The lowest BCUT2D eigenvalue weighted by atomic mass is 10.3. The average Bonchev–Trinajstić information content (AvgIpc) is 3.27. The summed E-state index contributed by atoms with van der Waals surface area (Å²) >= 11 is 7.31. The molecule has 4 aromatic rings. The number of benzene rings is 2. The lowest BCUT2D eigenvalue weighted by molar-refractivity contribution is 0.342. The SMILES string of the molecule is CCN(CC)CC#Cc1cc2nccc(Oc3ccc(NS(=O)(=O)c4cccc(Cl)c4)cc3F)c2s1. The highest BCUT2D eigenvalue weighted by molar-refractivity contribution is 7.92. The maximum absolute atomic E-state index is 14.9. The first-order chi connectivity index (χ1) is 17.3. The number of anilines is 1. The molecule has 1 N–H and O–H groups in total. The topological polar surface area (TPSA) is 71.5 Å². The summed E-state index contributed by atoms with van der Waals surface area (Å²) in [5.74, 6) is 6.01. The van der Waals surface area contributed by atoms with E-state index >= 15 is 0 Å². The molecule has 0 atom stereocenters. The molecule has 186 valence electrons. The van der Waals surface area contributed by atoms with Gasteiger partial charge in [0.05, 0.1) is 32.2 Å². The van der Waals surface area contributed by atoms with E-state index in [1.807, 2.05) is 6.07 Å². The summed E-state index contributed by atoms with van der Waals surface area (Å²) < 4.78 is 49.0. The van der Waals surface area contributed by atoms with Crippen LogP contribution in [0.5, 0.6) is 11.5 Å². The smallest absolute Gasteiger partial charge is 0.261 e. The minimum atomic E-state index is -3.93. The number of thiophene rings is 1. The van der Waals surface area contributed by atoms with Gasteiger partial charge in [-0.25, -0.2) is 12.8 Å². The summed E-state index contributed by atoms with van der Waals surface area (Å²) in [6.07, 6.45) is 1.59. The first-order valence-corrected chi connectivity index (χ1v) is 13.8. The number of hydrogen-bond acceptors (Lipinski definition) is 6. The Hall–Kier alpha value is -3.16. The number of ether oxygens (including phenoxy) is 1. The molecule has 6 nitrogen and oxygen atoms in total. The van der Waals surface area contributed by atoms with E-state index in [4.69, 9.17) is 16.3 Å². The number of fused-ring (bicyclic) bond motifs is 1. The van der Waals surface area contributed by atoms with E-state index in [1.165, 1.54) is 41.7 Å². The van der Waals surface area contributed by atoms with Crippen molar-refractivity contribution in [3.8, 4) is 23.3 Å². The van der Waals surface area contributed by atoms with Gasteiger partial charge in [0.15, 0.2) is 11.6 Å². The molecule has 0 saturated carbocycles. The van der Waals surface area contributed by atoms with Gasteiger partial charge in [0, 0.05) is 23.4 Å². The predicted octanol–water partition coefficient (Wildman–Crippen LogP) is 6.38. The van der Waals surface area contributed by atoms with Crippen LogP contribution in [0.2, 0.25) is 5.02 Å².